The zero-order chi connectivity index (χ0) is 19.9. The standard InChI is InChI=1S/C22H36O4/c1-14(2)10-12-19(17(6)9-7-8-16(5)15(3)4)26-20-13-11-18(23)21(24)22(20)25/h7-10,18-25H,11-13H2,1-6H3/b8-7+,17-9+/t18?,19-,20?,21?,22?/m0/s1. The zero-order valence-corrected chi connectivity index (χ0v) is 17.1. The van der Waals surface area contributed by atoms with E-state index >= 15 is 0 Å². The summed E-state index contributed by atoms with van der Waals surface area (Å²) in [6.45, 7) is 12.4. The highest BCUT2D eigenvalue weighted by molar-refractivity contribution is 5.26. The van der Waals surface area contributed by atoms with E-state index in [4.69, 9.17) is 4.74 Å². The van der Waals surface area contributed by atoms with Crippen molar-refractivity contribution in [2.45, 2.75) is 91.3 Å². The van der Waals surface area contributed by atoms with Crippen LogP contribution in [0.3, 0.4) is 0 Å². The van der Waals surface area contributed by atoms with Gasteiger partial charge < -0.3 is 20.1 Å². The number of aliphatic hydroxyl groups is 3. The fourth-order valence-electron chi connectivity index (χ4n) is 2.79. The molecule has 0 radical (unpaired) electrons. The van der Waals surface area contributed by atoms with Gasteiger partial charge in [-0.2, -0.15) is 0 Å². The van der Waals surface area contributed by atoms with Gasteiger partial charge in [-0.05, 0) is 66.4 Å². The van der Waals surface area contributed by atoms with Crippen molar-refractivity contribution in [1.82, 2.24) is 0 Å². The van der Waals surface area contributed by atoms with Gasteiger partial charge in [-0.3, -0.25) is 0 Å². The lowest BCUT2D eigenvalue weighted by Crippen LogP contribution is -2.51. The van der Waals surface area contributed by atoms with E-state index < -0.39 is 24.4 Å². The quantitative estimate of drug-likeness (QED) is 0.474. The Bertz CT molecular complexity index is 563. The van der Waals surface area contributed by atoms with Crippen molar-refractivity contribution in [2.75, 3.05) is 0 Å². The Balaban J connectivity index is 2.90. The van der Waals surface area contributed by atoms with Crippen molar-refractivity contribution in [1.29, 1.82) is 0 Å². The molecule has 1 fully saturated rings. The smallest absolute Gasteiger partial charge is 0.109 e. The molecule has 0 spiro atoms. The Hall–Kier alpha value is -1.20. The van der Waals surface area contributed by atoms with Crippen molar-refractivity contribution < 1.29 is 20.1 Å². The van der Waals surface area contributed by atoms with Crippen molar-refractivity contribution in [2.24, 2.45) is 0 Å². The second-order valence-electron chi connectivity index (χ2n) is 7.76. The van der Waals surface area contributed by atoms with E-state index in [2.05, 4.69) is 32.9 Å². The van der Waals surface area contributed by atoms with Gasteiger partial charge in [0.1, 0.15) is 12.2 Å². The third-order valence-corrected chi connectivity index (χ3v) is 4.95. The molecular weight excluding hydrogens is 328 g/mol. The molecule has 26 heavy (non-hydrogen) atoms. The van der Waals surface area contributed by atoms with Gasteiger partial charge in [0.2, 0.25) is 0 Å². The summed E-state index contributed by atoms with van der Waals surface area (Å²) in [6, 6.07) is 0. The number of rotatable bonds is 7. The summed E-state index contributed by atoms with van der Waals surface area (Å²) in [7, 11) is 0. The number of hydrogen-bond donors (Lipinski definition) is 3. The molecule has 0 aromatic carbocycles. The molecule has 0 heterocycles. The molecule has 0 aliphatic heterocycles. The molecule has 3 N–H and O–H groups in total. The van der Waals surface area contributed by atoms with Crippen LogP contribution in [0.2, 0.25) is 0 Å². The van der Waals surface area contributed by atoms with Crippen LogP contribution in [0.15, 0.2) is 46.6 Å². The third-order valence-electron chi connectivity index (χ3n) is 4.95. The third kappa shape index (κ3) is 7.20. The Morgan fingerprint density at radius 3 is 2.23 bits per heavy atom. The predicted octanol–water partition coefficient (Wildman–Crippen LogP) is 3.83. The van der Waals surface area contributed by atoms with E-state index in [0.29, 0.717) is 19.3 Å². The number of allylic oxidation sites excluding steroid dienone is 6. The van der Waals surface area contributed by atoms with Gasteiger partial charge in [0.25, 0.3) is 0 Å². The summed E-state index contributed by atoms with van der Waals surface area (Å²) in [5, 5.41) is 29.9. The Morgan fingerprint density at radius 1 is 1.00 bits per heavy atom. The van der Waals surface area contributed by atoms with Gasteiger partial charge >= 0.3 is 0 Å². The second kappa shape index (κ2) is 10.8. The maximum absolute atomic E-state index is 10.2. The van der Waals surface area contributed by atoms with Crippen LogP contribution in [0.4, 0.5) is 0 Å². The Kier molecular flexibility index (Phi) is 9.51. The highest BCUT2D eigenvalue weighted by atomic mass is 16.5. The molecule has 0 aromatic rings. The van der Waals surface area contributed by atoms with E-state index in [0.717, 1.165) is 5.57 Å². The average molecular weight is 365 g/mol. The summed E-state index contributed by atoms with van der Waals surface area (Å²) in [6.07, 6.45) is 6.18. The van der Waals surface area contributed by atoms with Gasteiger partial charge in [0.15, 0.2) is 0 Å². The van der Waals surface area contributed by atoms with Crippen molar-refractivity contribution in [3.05, 3.63) is 46.6 Å². The van der Waals surface area contributed by atoms with Gasteiger partial charge in [-0.25, -0.2) is 0 Å². The number of hydrogen-bond acceptors (Lipinski definition) is 4. The van der Waals surface area contributed by atoms with Gasteiger partial charge in [0, 0.05) is 0 Å². The first-order chi connectivity index (χ1) is 12.1. The molecule has 4 unspecified atom stereocenters. The van der Waals surface area contributed by atoms with Crippen LogP contribution < -0.4 is 0 Å². The first-order valence-electron chi connectivity index (χ1n) is 9.45. The van der Waals surface area contributed by atoms with Crippen LogP contribution >= 0.6 is 0 Å². The normalized spacial score (nSPS) is 28.1. The largest absolute Gasteiger partial charge is 0.390 e. The monoisotopic (exact) mass is 364 g/mol. The first kappa shape index (κ1) is 22.8. The molecule has 0 saturated heterocycles. The minimum atomic E-state index is -1.15. The topological polar surface area (TPSA) is 69.9 Å². The molecule has 1 saturated carbocycles. The zero-order valence-electron chi connectivity index (χ0n) is 17.1. The van der Waals surface area contributed by atoms with Gasteiger partial charge in [-0.1, -0.05) is 41.0 Å². The Morgan fingerprint density at radius 2 is 1.65 bits per heavy atom. The minimum absolute atomic E-state index is 0.177. The van der Waals surface area contributed by atoms with Crippen LogP contribution in [-0.4, -0.2) is 45.8 Å². The van der Waals surface area contributed by atoms with Gasteiger partial charge in [-0.15, -0.1) is 0 Å². The molecule has 1 aliphatic carbocycles. The molecule has 4 nitrogen and oxygen atoms in total. The highest BCUT2D eigenvalue weighted by Crippen LogP contribution is 2.26. The van der Waals surface area contributed by atoms with Gasteiger partial charge in [0.05, 0.1) is 18.3 Å². The molecule has 0 aromatic heterocycles. The van der Waals surface area contributed by atoms with E-state index in [1.54, 1.807) is 0 Å². The van der Waals surface area contributed by atoms with Crippen LogP contribution in [0, 0.1) is 0 Å². The highest BCUT2D eigenvalue weighted by Gasteiger charge is 2.38. The second-order valence-corrected chi connectivity index (χ2v) is 7.76. The van der Waals surface area contributed by atoms with E-state index in [1.165, 1.54) is 16.7 Å². The molecule has 1 rings (SSSR count). The molecule has 4 heteroatoms. The van der Waals surface area contributed by atoms with Crippen LogP contribution in [0.25, 0.3) is 0 Å². The Labute approximate surface area is 158 Å². The van der Waals surface area contributed by atoms with Crippen molar-refractivity contribution in [3.8, 4) is 0 Å². The van der Waals surface area contributed by atoms with E-state index in [-0.39, 0.29) is 6.10 Å². The fraction of sp³-hybridized carbons (Fsp3) is 0.636. The lowest BCUT2D eigenvalue weighted by atomic mass is 9.89. The molecule has 1 aliphatic rings. The van der Waals surface area contributed by atoms with E-state index in [1.807, 2.05) is 32.9 Å². The lowest BCUT2D eigenvalue weighted by Gasteiger charge is -2.37. The maximum atomic E-state index is 10.2. The fourth-order valence-corrected chi connectivity index (χ4v) is 2.79. The summed E-state index contributed by atoms with van der Waals surface area (Å²) < 4.78 is 6.16. The van der Waals surface area contributed by atoms with Crippen LogP contribution in [-0.2, 0) is 4.74 Å². The van der Waals surface area contributed by atoms with Crippen LogP contribution in [0.5, 0.6) is 0 Å². The van der Waals surface area contributed by atoms with Crippen molar-refractivity contribution in [3.63, 3.8) is 0 Å². The van der Waals surface area contributed by atoms with Crippen LogP contribution in [0.1, 0.15) is 60.8 Å². The average Bonchev–Trinajstić information content (AvgIpc) is 2.57. The SMILES string of the molecule is CC(C)=CC[C@H](OC1CCC(O)C(O)C1O)/C(C)=C/C=C/C(C)=C(C)C. The summed E-state index contributed by atoms with van der Waals surface area (Å²) in [5.74, 6) is 0. The van der Waals surface area contributed by atoms with E-state index in [9.17, 15) is 15.3 Å². The molecule has 148 valence electrons. The molecule has 0 bridgehead atoms. The lowest BCUT2D eigenvalue weighted by molar-refractivity contribution is -0.162. The predicted molar refractivity (Wildman–Crippen MR) is 107 cm³/mol. The summed E-state index contributed by atoms with van der Waals surface area (Å²) >= 11 is 0. The van der Waals surface area contributed by atoms with Crippen molar-refractivity contribution >= 4 is 0 Å². The maximum Gasteiger partial charge on any atom is 0.109 e. The number of ether oxygens (including phenoxy) is 1. The first-order valence-corrected chi connectivity index (χ1v) is 9.45. The molecular formula is C22H36O4. The molecule has 5 atom stereocenters. The summed E-state index contributed by atoms with van der Waals surface area (Å²) in [4.78, 5) is 0. The molecule has 0 amide bonds. The summed E-state index contributed by atoms with van der Waals surface area (Å²) in [5.41, 5.74) is 4.79. The minimum Gasteiger partial charge on any atom is -0.390 e. The number of aliphatic hydroxyl groups excluding tert-OH is 3.